The van der Waals surface area contributed by atoms with E-state index in [1.807, 2.05) is 48.5 Å². The molecule has 0 radical (unpaired) electrons. The lowest BCUT2D eigenvalue weighted by molar-refractivity contribution is -0.171. The van der Waals surface area contributed by atoms with Crippen molar-refractivity contribution in [3.8, 4) is 0 Å². The van der Waals surface area contributed by atoms with E-state index in [1.165, 1.54) is 6.42 Å². The zero-order valence-corrected chi connectivity index (χ0v) is 21.1. The number of carbonyl (C=O) groups is 1. The van der Waals surface area contributed by atoms with Gasteiger partial charge in [-0.05, 0) is 82.7 Å². The van der Waals surface area contributed by atoms with Gasteiger partial charge in [0.2, 0.25) is 0 Å². The van der Waals surface area contributed by atoms with Crippen LogP contribution in [0.5, 0.6) is 0 Å². The van der Waals surface area contributed by atoms with Crippen LogP contribution in [-0.4, -0.2) is 35.7 Å². The first-order chi connectivity index (χ1) is 13.2. The van der Waals surface area contributed by atoms with Gasteiger partial charge in [0, 0.05) is 24.3 Å². The number of esters is 1. The van der Waals surface area contributed by atoms with E-state index in [-0.39, 0.29) is 17.5 Å². The molecule has 1 aromatic rings. The van der Waals surface area contributed by atoms with Crippen LogP contribution in [0.1, 0.15) is 84.4 Å². The Morgan fingerprint density at radius 1 is 1.21 bits per heavy atom. The van der Waals surface area contributed by atoms with Crippen LogP contribution < -0.4 is 4.90 Å². The maximum atomic E-state index is 13.1. The molecular weight excluding hydrogens is 432 g/mol. The Morgan fingerprint density at radius 3 is 2.34 bits per heavy atom. The van der Waals surface area contributed by atoms with E-state index in [2.05, 4.69) is 34.7 Å². The van der Waals surface area contributed by atoms with Gasteiger partial charge >= 0.3 is 5.97 Å². The molecule has 0 N–H and O–H groups in total. The number of hydrogen-bond acceptors (Lipinski definition) is 5. The van der Waals surface area contributed by atoms with Gasteiger partial charge in [0.1, 0.15) is 0 Å². The van der Waals surface area contributed by atoms with Gasteiger partial charge in [0.25, 0.3) is 0 Å². The summed E-state index contributed by atoms with van der Waals surface area (Å²) in [5, 5.41) is 0. The SMILES string of the molecule is Cc1nc(C)c(C(OC(C)(C)C)C(=O)OC(C)C)c(N2CCCC(C)(C)C2)c1Br. The zero-order valence-electron chi connectivity index (χ0n) is 19.5. The van der Waals surface area contributed by atoms with Crippen molar-refractivity contribution in [1.82, 2.24) is 4.98 Å². The van der Waals surface area contributed by atoms with E-state index in [9.17, 15) is 4.79 Å². The number of aromatic nitrogens is 1. The number of hydrogen-bond donors (Lipinski definition) is 0. The summed E-state index contributed by atoms with van der Waals surface area (Å²) in [5.41, 5.74) is 3.23. The highest BCUT2D eigenvalue weighted by Gasteiger charge is 2.37. The van der Waals surface area contributed by atoms with E-state index in [1.54, 1.807) is 0 Å². The standard InChI is InChI=1S/C23H37BrN2O3/c1-14(2)28-21(27)20(29-22(5,6)7)17-15(3)25-16(4)18(24)19(17)26-12-10-11-23(8,9)13-26/h14,20H,10-13H2,1-9H3. The molecule has 1 atom stereocenters. The molecule has 1 aliphatic heterocycles. The van der Waals surface area contributed by atoms with Gasteiger partial charge in [-0.15, -0.1) is 0 Å². The number of carbonyl (C=O) groups excluding carboxylic acids is 1. The highest BCUT2D eigenvalue weighted by molar-refractivity contribution is 9.10. The molecule has 2 rings (SSSR count). The summed E-state index contributed by atoms with van der Waals surface area (Å²) in [4.78, 5) is 20.2. The minimum absolute atomic E-state index is 0.207. The fraction of sp³-hybridized carbons (Fsp3) is 0.739. The molecule has 29 heavy (non-hydrogen) atoms. The lowest BCUT2D eigenvalue weighted by Gasteiger charge is -2.42. The molecule has 0 amide bonds. The number of aryl methyl sites for hydroxylation is 2. The van der Waals surface area contributed by atoms with E-state index >= 15 is 0 Å². The molecular formula is C23H37BrN2O3. The Morgan fingerprint density at radius 2 is 1.83 bits per heavy atom. The number of anilines is 1. The summed E-state index contributed by atoms with van der Waals surface area (Å²) in [6.45, 7) is 20.0. The monoisotopic (exact) mass is 468 g/mol. The second-order valence-electron chi connectivity index (χ2n) is 10.1. The molecule has 1 aliphatic rings. The van der Waals surface area contributed by atoms with Crippen molar-refractivity contribution in [2.45, 2.75) is 93.0 Å². The summed E-state index contributed by atoms with van der Waals surface area (Å²) in [7, 11) is 0. The normalized spacial score (nSPS) is 18.1. The van der Waals surface area contributed by atoms with Crippen molar-refractivity contribution in [2.24, 2.45) is 5.41 Å². The zero-order chi connectivity index (χ0) is 22.1. The minimum atomic E-state index is -0.832. The van der Waals surface area contributed by atoms with Crippen molar-refractivity contribution >= 4 is 27.6 Å². The van der Waals surface area contributed by atoms with Gasteiger partial charge in [-0.2, -0.15) is 0 Å². The van der Waals surface area contributed by atoms with Crippen LogP contribution in [0.3, 0.4) is 0 Å². The van der Waals surface area contributed by atoms with Crippen LogP contribution >= 0.6 is 15.9 Å². The number of nitrogens with zero attached hydrogens (tertiary/aromatic N) is 2. The first kappa shape index (κ1) is 24.1. The lowest BCUT2D eigenvalue weighted by Crippen LogP contribution is -2.42. The van der Waals surface area contributed by atoms with Crippen LogP contribution in [0.2, 0.25) is 0 Å². The molecule has 1 saturated heterocycles. The third-order valence-electron chi connectivity index (χ3n) is 5.02. The Hall–Kier alpha value is -1.14. The lowest BCUT2D eigenvalue weighted by atomic mass is 9.83. The Kier molecular flexibility index (Phi) is 7.43. The number of halogens is 1. The smallest absolute Gasteiger partial charge is 0.340 e. The molecule has 0 spiro atoms. The molecule has 0 saturated carbocycles. The highest BCUT2D eigenvalue weighted by Crippen LogP contribution is 2.43. The van der Waals surface area contributed by atoms with Gasteiger partial charge in [-0.25, -0.2) is 4.79 Å². The topological polar surface area (TPSA) is 51.7 Å². The molecule has 0 aromatic carbocycles. The fourth-order valence-corrected chi connectivity index (χ4v) is 4.48. The number of rotatable bonds is 5. The van der Waals surface area contributed by atoms with Crippen molar-refractivity contribution in [3.63, 3.8) is 0 Å². The quantitative estimate of drug-likeness (QED) is 0.503. The van der Waals surface area contributed by atoms with Crippen LogP contribution in [0.15, 0.2) is 4.47 Å². The maximum absolute atomic E-state index is 13.1. The summed E-state index contributed by atoms with van der Waals surface area (Å²) >= 11 is 3.77. The highest BCUT2D eigenvalue weighted by atomic mass is 79.9. The third kappa shape index (κ3) is 6.17. The Labute approximate surface area is 184 Å². The maximum Gasteiger partial charge on any atom is 0.340 e. The van der Waals surface area contributed by atoms with Gasteiger partial charge < -0.3 is 14.4 Å². The van der Waals surface area contributed by atoms with Crippen LogP contribution in [0.4, 0.5) is 5.69 Å². The van der Waals surface area contributed by atoms with E-state index in [0.717, 1.165) is 46.6 Å². The predicted octanol–water partition coefficient (Wildman–Crippen LogP) is 5.90. The molecule has 1 aromatic heterocycles. The summed E-state index contributed by atoms with van der Waals surface area (Å²) in [6, 6.07) is 0. The molecule has 1 fully saturated rings. The summed E-state index contributed by atoms with van der Waals surface area (Å²) in [6.07, 6.45) is 1.26. The molecule has 164 valence electrons. The van der Waals surface area contributed by atoms with Gasteiger partial charge in [-0.3, -0.25) is 4.98 Å². The van der Waals surface area contributed by atoms with E-state index in [0.29, 0.717) is 0 Å². The first-order valence-corrected chi connectivity index (χ1v) is 11.3. The minimum Gasteiger partial charge on any atom is -0.461 e. The molecule has 6 heteroatoms. The first-order valence-electron chi connectivity index (χ1n) is 10.5. The van der Waals surface area contributed by atoms with Crippen LogP contribution in [-0.2, 0) is 14.3 Å². The summed E-state index contributed by atoms with van der Waals surface area (Å²) in [5.74, 6) is -0.368. The van der Waals surface area contributed by atoms with E-state index < -0.39 is 11.7 Å². The van der Waals surface area contributed by atoms with Crippen molar-refractivity contribution in [1.29, 1.82) is 0 Å². The fourth-order valence-electron chi connectivity index (χ4n) is 3.93. The summed E-state index contributed by atoms with van der Waals surface area (Å²) < 4.78 is 12.8. The Balaban J connectivity index is 2.66. The van der Waals surface area contributed by atoms with Gasteiger partial charge in [0.15, 0.2) is 6.10 Å². The largest absolute Gasteiger partial charge is 0.461 e. The van der Waals surface area contributed by atoms with Crippen LogP contribution in [0.25, 0.3) is 0 Å². The average molecular weight is 469 g/mol. The molecule has 5 nitrogen and oxygen atoms in total. The van der Waals surface area contributed by atoms with Crippen LogP contribution in [0, 0.1) is 19.3 Å². The van der Waals surface area contributed by atoms with Gasteiger partial charge in [-0.1, -0.05) is 13.8 Å². The third-order valence-corrected chi connectivity index (χ3v) is 5.97. The molecule has 2 heterocycles. The van der Waals surface area contributed by atoms with Crippen molar-refractivity contribution in [3.05, 3.63) is 21.4 Å². The Bertz CT molecular complexity index is 753. The second kappa shape index (κ2) is 8.93. The number of ether oxygens (including phenoxy) is 2. The number of pyridine rings is 1. The van der Waals surface area contributed by atoms with Gasteiger partial charge in [0.05, 0.1) is 27.6 Å². The molecule has 0 aliphatic carbocycles. The van der Waals surface area contributed by atoms with Crippen molar-refractivity contribution < 1.29 is 14.3 Å². The molecule has 1 unspecified atom stereocenters. The molecule has 0 bridgehead atoms. The van der Waals surface area contributed by atoms with E-state index in [4.69, 9.17) is 14.5 Å². The second-order valence-corrected chi connectivity index (χ2v) is 10.9. The predicted molar refractivity (Wildman–Crippen MR) is 121 cm³/mol. The number of piperidine rings is 1. The van der Waals surface area contributed by atoms with Crippen molar-refractivity contribution in [2.75, 3.05) is 18.0 Å². The average Bonchev–Trinajstić information content (AvgIpc) is 2.53.